The topological polar surface area (TPSA) is 88.3 Å². The Bertz CT molecular complexity index is 1200. The lowest BCUT2D eigenvalue weighted by molar-refractivity contribution is 0.0685. The molecule has 1 fully saturated rings. The number of rotatable bonds is 3. The molecule has 2 aromatic heterocycles. The van der Waals surface area contributed by atoms with Gasteiger partial charge in [0.05, 0.1) is 23.0 Å². The van der Waals surface area contributed by atoms with E-state index < -0.39 is 11.5 Å². The van der Waals surface area contributed by atoms with Gasteiger partial charge in [0.1, 0.15) is 11.5 Å². The number of pyridine rings is 1. The van der Waals surface area contributed by atoms with Crippen molar-refractivity contribution in [2.24, 2.45) is 5.41 Å². The molecule has 1 aliphatic carbocycles. The summed E-state index contributed by atoms with van der Waals surface area (Å²) in [6.45, 7) is 0.392. The maximum absolute atomic E-state index is 13.7. The number of halogens is 1. The molecular weight excluding hydrogens is 399 g/mol. The fraction of sp³-hybridized carbons (Fsp3) is 0.217. The van der Waals surface area contributed by atoms with Crippen LogP contribution >= 0.6 is 0 Å². The summed E-state index contributed by atoms with van der Waals surface area (Å²) in [7, 11) is 0. The van der Waals surface area contributed by atoms with Crippen molar-refractivity contribution < 1.29 is 19.1 Å². The van der Waals surface area contributed by atoms with Crippen LogP contribution in [0.2, 0.25) is 0 Å². The van der Waals surface area contributed by atoms with Gasteiger partial charge in [-0.05, 0) is 60.9 Å². The summed E-state index contributed by atoms with van der Waals surface area (Å²) in [6.07, 6.45) is 4.92. The van der Waals surface area contributed by atoms with Gasteiger partial charge < -0.3 is 10.0 Å². The van der Waals surface area contributed by atoms with Gasteiger partial charge in [0, 0.05) is 19.3 Å². The van der Waals surface area contributed by atoms with Gasteiger partial charge in [-0.25, -0.2) is 13.9 Å². The van der Waals surface area contributed by atoms with Crippen LogP contribution in [0.25, 0.3) is 11.8 Å². The van der Waals surface area contributed by atoms with Gasteiger partial charge in [0.25, 0.3) is 0 Å². The number of carbonyl (C=O) groups excluding carboxylic acids is 1. The monoisotopic (exact) mass is 418 g/mol. The second-order valence-electron chi connectivity index (χ2n) is 7.87. The van der Waals surface area contributed by atoms with Gasteiger partial charge in [0.15, 0.2) is 5.78 Å². The molecule has 5 rings (SSSR count). The summed E-state index contributed by atoms with van der Waals surface area (Å²) in [5.74, 6) is -0.519. The highest BCUT2D eigenvalue weighted by atomic mass is 19.1. The summed E-state index contributed by atoms with van der Waals surface area (Å²) < 4.78 is 15.1. The van der Waals surface area contributed by atoms with Gasteiger partial charge in [-0.2, -0.15) is 5.10 Å². The first-order valence-electron chi connectivity index (χ1n) is 9.95. The molecule has 0 spiro atoms. The highest BCUT2D eigenvalue weighted by molar-refractivity contribution is 6.03. The van der Waals surface area contributed by atoms with E-state index in [0.717, 1.165) is 16.8 Å². The molecule has 1 unspecified atom stereocenters. The Morgan fingerprint density at radius 1 is 1.13 bits per heavy atom. The van der Waals surface area contributed by atoms with Crippen LogP contribution in [0.4, 0.5) is 9.18 Å². The third-order valence-electron chi connectivity index (χ3n) is 6.09. The van der Waals surface area contributed by atoms with E-state index in [4.69, 9.17) is 0 Å². The Kier molecular flexibility index (Phi) is 4.43. The molecule has 0 radical (unpaired) electrons. The minimum Gasteiger partial charge on any atom is -0.465 e. The summed E-state index contributed by atoms with van der Waals surface area (Å²) >= 11 is 0. The predicted octanol–water partition coefficient (Wildman–Crippen LogP) is 3.60. The Balaban J connectivity index is 1.62. The highest BCUT2D eigenvalue weighted by Gasteiger charge is 2.50. The van der Waals surface area contributed by atoms with Crippen molar-refractivity contribution in [3.8, 4) is 5.69 Å². The Hall–Kier alpha value is -3.81. The fourth-order valence-corrected chi connectivity index (χ4v) is 4.54. The average molecular weight is 418 g/mol. The number of carboxylic acid groups (broad SMARTS) is 1. The van der Waals surface area contributed by atoms with Crippen molar-refractivity contribution in [2.75, 3.05) is 13.1 Å². The smallest absolute Gasteiger partial charge is 0.407 e. The number of nitrogens with zero attached hydrogens (tertiary/aromatic N) is 4. The van der Waals surface area contributed by atoms with E-state index in [0.29, 0.717) is 30.8 Å². The number of Topliss-reactive ketones (excluding diaryl/α,β-unsaturated/α-hetero) is 1. The van der Waals surface area contributed by atoms with Crippen LogP contribution in [0.15, 0.2) is 60.4 Å². The van der Waals surface area contributed by atoms with E-state index >= 15 is 0 Å². The number of fused-ring (bicyclic) bond motifs is 2. The number of benzene rings is 1. The lowest BCUT2D eigenvalue weighted by Gasteiger charge is -2.44. The molecule has 1 N–H and O–H groups in total. The lowest BCUT2D eigenvalue weighted by atomic mass is 9.65. The Morgan fingerprint density at radius 3 is 2.65 bits per heavy atom. The minimum absolute atomic E-state index is 0.0741. The van der Waals surface area contributed by atoms with Crippen molar-refractivity contribution in [3.05, 3.63) is 83.2 Å². The zero-order chi connectivity index (χ0) is 21.6. The molecule has 1 saturated heterocycles. The number of hydrogen-bond acceptors (Lipinski definition) is 4. The molecule has 8 heteroatoms. The van der Waals surface area contributed by atoms with E-state index in [1.165, 1.54) is 17.0 Å². The van der Waals surface area contributed by atoms with Crippen LogP contribution in [-0.2, 0) is 6.42 Å². The van der Waals surface area contributed by atoms with E-state index in [1.54, 1.807) is 47.4 Å². The number of aromatic nitrogens is 3. The molecule has 0 saturated carbocycles. The SMILES string of the molecule is O=C(O)N1CCC2=Cc3c(cnn3-c3ccc(F)cc3)CC2(C(=O)c2ccccn2)C1. The molecule has 1 aromatic carbocycles. The van der Waals surface area contributed by atoms with Gasteiger partial charge in [-0.15, -0.1) is 0 Å². The lowest BCUT2D eigenvalue weighted by Crippen LogP contribution is -2.53. The second-order valence-corrected chi connectivity index (χ2v) is 7.87. The second kappa shape index (κ2) is 7.16. The van der Waals surface area contributed by atoms with Crippen LogP contribution in [0.1, 0.15) is 28.2 Å². The van der Waals surface area contributed by atoms with Crippen LogP contribution in [-0.4, -0.2) is 49.7 Å². The van der Waals surface area contributed by atoms with Gasteiger partial charge in [-0.1, -0.05) is 11.6 Å². The van der Waals surface area contributed by atoms with Gasteiger partial charge >= 0.3 is 6.09 Å². The number of hydrogen-bond donors (Lipinski definition) is 1. The molecule has 1 atom stereocenters. The normalized spacial score (nSPS) is 19.9. The van der Waals surface area contributed by atoms with Crippen LogP contribution in [0, 0.1) is 11.2 Å². The van der Waals surface area contributed by atoms with Crippen molar-refractivity contribution in [2.45, 2.75) is 12.8 Å². The average Bonchev–Trinajstić information content (AvgIpc) is 3.20. The summed E-state index contributed by atoms with van der Waals surface area (Å²) in [4.78, 5) is 30.9. The molecule has 1 amide bonds. The highest BCUT2D eigenvalue weighted by Crippen LogP contribution is 2.46. The third kappa shape index (κ3) is 3.11. The van der Waals surface area contributed by atoms with Gasteiger partial charge in [0.2, 0.25) is 0 Å². The Morgan fingerprint density at radius 2 is 1.94 bits per heavy atom. The van der Waals surface area contributed by atoms with Crippen molar-refractivity contribution in [1.29, 1.82) is 0 Å². The molecule has 3 aromatic rings. The Labute approximate surface area is 177 Å². The first kappa shape index (κ1) is 19.2. The van der Waals surface area contributed by atoms with E-state index in [9.17, 15) is 19.1 Å². The third-order valence-corrected chi connectivity index (χ3v) is 6.09. The number of piperidine rings is 1. The maximum atomic E-state index is 13.7. The molecule has 0 bridgehead atoms. The minimum atomic E-state index is -1.04. The maximum Gasteiger partial charge on any atom is 0.407 e. The molecule has 7 nitrogen and oxygen atoms in total. The quantitative estimate of drug-likeness (QED) is 0.657. The summed E-state index contributed by atoms with van der Waals surface area (Å²) in [5.41, 5.74) is 2.55. The zero-order valence-electron chi connectivity index (χ0n) is 16.5. The number of carbonyl (C=O) groups is 2. The zero-order valence-corrected chi connectivity index (χ0v) is 16.5. The number of ketones is 1. The first-order valence-corrected chi connectivity index (χ1v) is 9.95. The predicted molar refractivity (Wildman–Crippen MR) is 110 cm³/mol. The molecule has 1 aliphatic heterocycles. The van der Waals surface area contributed by atoms with E-state index in [-0.39, 0.29) is 18.1 Å². The molecular formula is C23H19FN4O3. The molecule has 31 heavy (non-hydrogen) atoms. The van der Waals surface area contributed by atoms with Crippen LogP contribution in [0.5, 0.6) is 0 Å². The van der Waals surface area contributed by atoms with E-state index in [1.807, 2.05) is 6.08 Å². The van der Waals surface area contributed by atoms with Crippen LogP contribution < -0.4 is 0 Å². The largest absolute Gasteiger partial charge is 0.465 e. The molecule has 2 aliphatic rings. The van der Waals surface area contributed by atoms with Crippen molar-refractivity contribution >= 4 is 18.0 Å². The van der Waals surface area contributed by atoms with Gasteiger partial charge in [-0.3, -0.25) is 9.78 Å². The van der Waals surface area contributed by atoms with E-state index in [2.05, 4.69) is 10.1 Å². The summed E-state index contributed by atoms with van der Waals surface area (Å²) in [5, 5.41) is 14.1. The van der Waals surface area contributed by atoms with Crippen molar-refractivity contribution in [1.82, 2.24) is 19.7 Å². The standard InChI is InChI=1S/C23H19FN4O3/c24-17-4-6-18(7-5-17)28-20-11-16-8-10-27(22(30)31)14-23(16,12-15(20)13-26-28)21(29)19-3-1-2-9-25-19/h1-7,9,11,13H,8,10,12,14H2,(H,30,31). The van der Waals surface area contributed by atoms with Crippen LogP contribution in [0.3, 0.4) is 0 Å². The summed E-state index contributed by atoms with van der Waals surface area (Å²) in [6, 6.07) is 11.2. The molecule has 3 heterocycles. The first-order chi connectivity index (χ1) is 15.0. The molecule has 156 valence electrons. The number of amides is 1. The fourth-order valence-electron chi connectivity index (χ4n) is 4.54. The van der Waals surface area contributed by atoms with Crippen molar-refractivity contribution in [3.63, 3.8) is 0 Å². The number of likely N-dealkylation sites (tertiary alicyclic amines) is 1.